The lowest BCUT2D eigenvalue weighted by molar-refractivity contribution is 0.121. The zero-order valence-corrected chi connectivity index (χ0v) is 13.2. The van der Waals surface area contributed by atoms with E-state index >= 15 is 0 Å². The van der Waals surface area contributed by atoms with E-state index in [1.54, 1.807) is 0 Å². The average molecular weight is 263 g/mol. The van der Waals surface area contributed by atoms with Crippen LogP contribution in [-0.4, -0.2) is 16.7 Å². The largest absolute Gasteiger partial charge is 0.387 e. The van der Waals surface area contributed by atoms with Gasteiger partial charge in [0.2, 0.25) is 0 Å². The van der Waals surface area contributed by atoms with Gasteiger partial charge in [0.15, 0.2) is 0 Å². The molecule has 2 heteroatoms. The first kappa shape index (κ1) is 16.2. The quantitative estimate of drug-likeness (QED) is 0.849. The second-order valence-corrected chi connectivity index (χ2v) is 6.97. The molecule has 1 rings (SSSR count). The molecular formula is C17H29NO. The summed E-state index contributed by atoms with van der Waals surface area (Å²) in [6, 6.07) is 8.38. The molecule has 0 aromatic heterocycles. The van der Waals surface area contributed by atoms with Gasteiger partial charge in [-0.05, 0) is 51.2 Å². The summed E-state index contributed by atoms with van der Waals surface area (Å²) >= 11 is 0. The van der Waals surface area contributed by atoms with Crippen molar-refractivity contribution in [1.29, 1.82) is 0 Å². The van der Waals surface area contributed by atoms with E-state index in [1.807, 2.05) is 19.1 Å². The monoisotopic (exact) mass is 263 g/mol. The fourth-order valence-corrected chi connectivity index (χ4v) is 2.37. The topological polar surface area (TPSA) is 32.3 Å². The number of aliphatic hydroxyl groups excluding tert-OH is 1. The summed E-state index contributed by atoms with van der Waals surface area (Å²) < 4.78 is 0. The molecule has 1 aromatic carbocycles. The summed E-state index contributed by atoms with van der Waals surface area (Å²) in [6.07, 6.45) is 0.624. The SMILES string of the molecule is CC(C)Cc1ccc(C(O)C(C)NC(C)(C)C)cc1. The molecule has 108 valence electrons. The molecule has 0 saturated heterocycles. The molecule has 2 N–H and O–H groups in total. The van der Waals surface area contributed by atoms with Gasteiger partial charge in [-0.15, -0.1) is 0 Å². The molecular weight excluding hydrogens is 234 g/mol. The van der Waals surface area contributed by atoms with Crippen LogP contribution in [0.1, 0.15) is 58.8 Å². The molecule has 2 nitrogen and oxygen atoms in total. The van der Waals surface area contributed by atoms with Gasteiger partial charge in [-0.3, -0.25) is 0 Å². The van der Waals surface area contributed by atoms with Crippen molar-refractivity contribution >= 4 is 0 Å². The van der Waals surface area contributed by atoms with E-state index in [4.69, 9.17) is 0 Å². The highest BCUT2D eigenvalue weighted by atomic mass is 16.3. The molecule has 0 radical (unpaired) electrons. The standard InChI is InChI=1S/C17H29NO/c1-12(2)11-14-7-9-15(10-8-14)16(19)13(3)18-17(4,5)6/h7-10,12-13,16,18-19H,11H2,1-6H3. The molecule has 0 aliphatic rings. The Morgan fingerprint density at radius 3 is 2.00 bits per heavy atom. The molecule has 0 fully saturated rings. The van der Waals surface area contributed by atoms with Crippen LogP contribution in [0.25, 0.3) is 0 Å². The minimum absolute atomic E-state index is 0.0119. The average Bonchev–Trinajstić information content (AvgIpc) is 2.26. The Balaban J connectivity index is 2.69. The highest BCUT2D eigenvalue weighted by molar-refractivity contribution is 5.25. The molecule has 0 aliphatic carbocycles. The zero-order chi connectivity index (χ0) is 14.6. The van der Waals surface area contributed by atoms with Crippen molar-refractivity contribution in [2.75, 3.05) is 0 Å². The summed E-state index contributed by atoms with van der Waals surface area (Å²) in [6.45, 7) is 12.8. The molecule has 0 heterocycles. The van der Waals surface area contributed by atoms with E-state index in [-0.39, 0.29) is 11.6 Å². The Morgan fingerprint density at radius 1 is 1.05 bits per heavy atom. The maximum atomic E-state index is 10.4. The summed E-state index contributed by atoms with van der Waals surface area (Å²) in [5, 5.41) is 13.8. The van der Waals surface area contributed by atoms with Crippen molar-refractivity contribution in [3.63, 3.8) is 0 Å². The summed E-state index contributed by atoms with van der Waals surface area (Å²) in [7, 11) is 0. The fourth-order valence-electron chi connectivity index (χ4n) is 2.37. The van der Waals surface area contributed by atoms with E-state index in [9.17, 15) is 5.11 Å². The predicted octanol–water partition coefficient (Wildman–Crippen LogP) is 3.70. The minimum atomic E-state index is -0.465. The van der Waals surface area contributed by atoms with Crippen LogP contribution >= 0.6 is 0 Å². The third kappa shape index (κ3) is 5.75. The normalized spacial score (nSPS) is 15.6. The Bertz CT molecular complexity index is 375. The van der Waals surface area contributed by atoms with Gasteiger partial charge in [-0.25, -0.2) is 0 Å². The van der Waals surface area contributed by atoms with Gasteiger partial charge < -0.3 is 10.4 Å². The molecule has 0 bridgehead atoms. The van der Waals surface area contributed by atoms with Gasteiger partial charge in [0, 0.05) is 11.6 Å². The lowest BCUT2D eigenvalue weighted by Crippen LogP contribution is -2.44. The molecule has 0 spiro atoms. The van der Waals surface area contributed by atoms with Crippen molar-refractivity contribution in [2.45, 2.75) is 65.6 Å². The second-order valence-electron chi connectivity index (χ2n) is 6.97. The van der Waals surface area contributed by atoms with Crippen molar-refractivity contribution in [3.8, 4) is 0 Å². The highest BCUT2D eigenvalue weighted by Gasteiger charge is 2.21. The van der Waals surface area contributed by atoms with Crippen LogP contribution in [0.5, 0.6) is 0 Å². The molecule has 2 atom stereocenters. The Hall–Kier alpha value is -0.860. The Kier molecular flexibility index (Phi) is 5.57. The van der Waals surface area contributed by atoms with Crippen molar-refractivity contribution < 1.29 is 5.11 Å². The highest BCUT2D eigenvalue weighted by Crippen LogP contribution is 2.20. The molecule has 2 unspecified atom stereocenters. The number of benzene rings is 1. The summed E-state index contributed by atoms with van der Waals surface area (Å²) in [5.41, 5.74) is 2.33. The molecule has 0 amide bonds. The predicted molar refractivity (Wildman–Crippen MR) is 82.3 cm³/mol. The fraction of sp³-hybridized carbons (Fsp3) is 0.647. The van der Waals surface area contributed by atoms with Crippen LogP contribution in [0.2, 0.25) is 0 Å². The van der Waals surface area contributed by atoms with Gasteiger partial charge in [0.05, 0.1) is 6.10 Å². The van der Waals surface area contributed by atoms with Crippen molar-refractivity contribution in [1.82, 2.24) is 5.32 Å². The van der Waals surface area contributed by atoms with E-state index in [1.165, 1.54) is 5.56 Å². The van der Waals surface area contributed by atoms with Gasteiger partial charge in [-0.2, -0.15) is 0 Å². The Labute approximate surface area is 118 Å². The third-order valence-electron chi connectivity index (χ3n) is 3.10. The smallest absolute Gasteiger partial charge is 0.0940 e. The first-order chi connectivity index (χ1) is 8.69. The van der Waals surface area contributed by atoms with Crippen LogP contribution in [0, 0.1) is 5.92 Å². The molecule has 1 aromatic rings. The van der Waals surface area contributed by atoms with E-state index in [2.05, 4.69) is 52.1 Å². The number of rotatable bonds is 5. The van der Waals surface area contributed by atoms with Gasteiger partial charge in [-0.1, -0.05) is 38.1 Å². The number of nitrogens with one attached hydrogen (secondary N) is 1. The number of hydrogen-bond donors (Lipinski definition) is 2. The van der Waals surface area contributed by atoms with Crippen LogP contribution in [-0.2, 0) is 6.42 Å². The van der Waals surface area contributed by atoms with Gasteiger partial charge >= 0.3 is 0 Å². The first-order valence-corrected chi connectivity index (χ1v) is 7.23. The van der Waals surface area contributed by atoms with Crippen molar-refractivity contribution in [2.24, 2.45) is 5.92 Å². The van der Waals surface area contributed by atoms with Crippen LogP contribution in [0.3, 0.4) is 0 Å². The first-order valence-electron chi connectivity index (χ1n) is 7.23. The van der Waals surface area contributed by atoms with Gasteiger partial charge in [0.25, 0.3) is 0 Å². The van der Waals surface area contributed by atoms with Crippen LogP contribution in [0.15, 0.2) is 24.3 Å². The zero-order valence-electron chi connectivity index (χ0n) is 13.2. The van der Waals surface area contributed by atoms with Crippen LogP contribution in [0.4, 0.5) is 0 Å². The lowest BCUT2D eigenvalue weighted by atomic mass is 9.97. The lowest BCUT2D eigenvalue weighted by Gasteiger charge is -2.29. The maximum Gasteiger partial charge on any atom is 0.0940 e. The summed E-state index contributed by atoms with van der Waals surface area (Å²) in [5.74, 6) is 0.664. The summed E-state index contributed by atoms with van der Waals surface area (Å²) in [4.78, 5) is 0. The van der Waals surface area contributed by atoms with E-state index < -0.39 is 6.10 Å². The number of aliphatic hydroxyl groups is 1. The Morgan fingerprint density at radius 2 is 1.58 bits per heavy atom. The minimum Gasteiger partial charge on any atom is -0.387 e. The van der Waals surface area contributed by atoms with Gasteiger partial charge in [0.1, 0.15) is 0 Å². The van der Waals surface area contributed by atoms with E-state index in [0.29, 0.717) is 5.92 Å². The number of hydrogen-bond acceptors (Lipinski definition) is 2. The molecule has 0 aliphatic heterocycles. The van der Waals surface area contributed by atoms with Crippen molar-refractivity contribution in [3.05, 3.63) is 35.4 Å². The van der Waals surface area contributed by atoms with Crippen LogP contribution < -0.4 is 5.32 Å². The molecule has 0 saturated carbocycles. The third-order valence-corrected chi connectivity index (χ3v) is 3.10. The maximum absolute atomic E-state index is 10.4. The molecule has 19 heavy (non-hydrogen) atoms. The van der Waals surface area contributed by atoms with E-state index in [0.717, 1.165) is 12.0 Å². The second kappa shape index (κ2) is 6.53.